The van der Waals surface area contributed by atoms with Gasteiger partial charge in [-0.3, -0.25) is 9.59 Å². The second-order valence-electron chi connectivity index (χ2n) is 12.4. The van der Waals surface area contributed by atoms with Crippen molar-refractivity contribution in [1.82, 2.24) is 24.4 Å². The van der Waals surface area contributed by atoms with E-state index in [9.17, 15) is 32.3 Å². The molecule has 0 spiro atoms. The number of hydrogen-bond acceptors (Lipinski definition) is 6. The van der Waals surface area contributed by atoms with Crippen molar-refractivity contribution in [2.75, 3.05) is 5.32 Å². The number of amides is 2. The van der Waals surface area contributed by atoms with Gasteiger partial charge in [-0.15, -0.1) is 0 Å². The number of likely N-dealkylation sites (tertiary alicyclic amines) is 1. The lowest BCUT2D eigenvalue weighted by atomic mass is 10.00. The number of aromatic nitrogens is 4. The molecule has 1 aliphatic heterocycles. The van der Waals surface area contributed by atoms with E-state index in [0.717, 1.165) is 27.6 Å². The lowest BCUT2D eigenvalue weighted by Gasteiger charge is -2.27. The molecule has 2 unspecified atom stereocenters. The molecule has 2 amide bonds. The van der Waals surface area contributed by atoms with Gasteiger partial charge in [-0.2, -0.15) is 13.2 Å². The zero-order valence-corrected chi connectivity index (χ0v) is 25.3. The van der Waals surface area contributed by atoms with E-state index < -0.39 is 41.6 Å². The molecule has 1 saturated heterocycles. The zero-order valence-electron chi connectivity index (χ0n) is 25.3. The van der Waals surface area contributed by atoms with E-state index in [1.54, 1.807) is 37.0 Å². The Bertz CT molecular complexity index is 1850. The molecule has 13 heteroatoms. The Morgan fingerprint density at radius 3 is 2.44 bits per heavy atom. The topological polar surface area (TPSA) is 113 Å². The van der Waals surface area contributed by atoms with Crippen LogP contribution in [0.5, 0.6) is 0 Å². The molecule has 4 heterocycles. The molecule has 4 atom stereocenters. The Labute approximate surface area is 256 Å². The third-order valence-corrected chi connectivity index (χ3v) is 9.03. The summed E-state index contributed by atoms with van der Waals surface area (Å²) in [7, 11) is 0. The fraction of sp³-hybridized carbons (Fsp3) is 0.406. The summed E-state index contributed by atoms with van der Waals surface area (Å²) in [4.78, 5) is 40.9. The first-order valence-electron chi connectivity index (χ1n) is 14.5. The van der Waals surface area contributed by atoms with Crippen molar-refractivity contribution in [1.29, 1.82) is 0 Å². The van der Waals surface area contributed by atoms with Gasteiger partial charge in [0.15, 0.2) is 0 Å². The summed E-state index contributed by atoms with van der Waals surface area (Å²) in [5, 5.41) is 13.7. The summed E-state index contributed by atoms with van der Waals surface area (Å²) >= 11 is 0. The number of aliphatic hydroxyl groups is 1. The minimum absolute atomic E-state index is 0.136. The lowest BCUT2D eigenvalue weighted by molar-refractivity contribution is -0.141. The fourth-order valence-corrected chi connectivity index (χ4v) is 6.48. The van der Waals surface area contributed by atoms with E-state index in [0.29, 0.717) is 24.2 Å². The van der Waals surface area contributed by atoms with Crippen molar-refractivity contribution >= 4 is 28.5 Å². The van der Waals surface area contributed by atoms with Crippen LogP contribution >= 0.6 is 0 Å². The monoisotopic (exact) mass is 624 g/mol. The summed E-state index contributed by atoms with van der Waals surface area (Å²) in [6, 6.07) is 2.96. The van der Waals surface area contributed by atoms with Crippen molar-refractivity contribution in [3.63, 3.8) is 0 Å². The molecule has 2 N–H and O–H groups in total. The molecule has 4 aromatic rings. The number of halogens is 4. The van der Waals surface area contributed by atoms with Crippen LogP contribution in [-0.2, 0) is 22.3 Å². The summed E-state index contributed by atoms with van der Waals surface area (Å²) < 4.78 is 56.0. The van der Waals surface area contributed by atoms with Gasteiger partial charge in [0.05, 0.1) is 11.6 Å². The van der Waals surface area contributed by atoms with Crippen LogP contribution in [0.2, 0.25) is 0 Å². The smallest absolute Gasteiger partial charge is 0.389 e. The summed E-state index contributed by atoms with van der Waals surface area (Å²) in [6.07, 6.45) is 0.421. The van der Waals surface area contributed by atoms with Gasteiger partial charge in [0.1, 0.15) is 35.7 Å². The maximum atomic E-state index is 14.3. The molecule has 1 saturated carbocycles. The average Bonchev–Trinajstić information content (AvgIpc) is 3.31. The minimum Gasteiger partial charge on any atom is -0.389 e. The van der Waals surface area contributed by atoms with Gasteiger partial charge in [-0.05, 0) is 69.2 Å². The molecule has 236 valence electrons. The quantitative estimate of drug-likeness (QED) is 0.268. The number of nitrogens with zero attached hydrogens (tertiary/aromatic N) is 5. The Morgan fingerprint density at radius 1 is 1.11 bits per heavy atom. The normalized spacial score (nSPS) is 21.6. The van der Waals surface area contributed by atoms with E-state index in [1.807, 2.05) is 26.0 Å². The predicted octanol–water partition coefficient (Wildman–Crippen LogP) is 5.65. The van der Waals surface area contributed by atoms with Gasteiger partial charge < -0.3 is 19.9 Å². The summed E-state index contributed by atoms with van der Waals surface area (Å²) in [5.41, 5.74) is 1.86. The zero-order chi connectivity index (χ0) is 32.6. The number of fused-ring (bicyclic) bond motifs is 2. The second-order valence-corrected chi connectivity index (χ2v) is 12.4. The Balaban J connectivity index is 1.31. The van der Waals surface area contributed by atoms with E-state index in [4.69, 9.17) is 0 Å². The molecule has 3 aromatic heterocycles. The van der Waals surface area contributed by atoms with Crippen molar-refractivity contribution < 1.29 is 32.3 Å². The maximum absolute atomic E-state index is 14.3. The lowest BCUT2D eigenvalue weighted by Crippen LogP contribution is -2.46. The number of aryl methyl sites for hydroxylation is 2. The molecule has 6 rings (SSSR count). The number of carbonyl (C=O) groups is 2. The number of anilines is 1. The van der Waals surface area contributed by atoms with E-state index in [2.05, 4.69) is 20.3 Å². The molecule has 1 aromatic carbocycles. The highest BCUT2D eigenvalue weighted by atomic mass is 19.4. The molecular formula is C32H32F4N6O3. The van der Waals surface area contributed by atoms with Gasteiger partial charge in [0, 0.05) is 52.8 Å². The summed E-state index contributed by atoms with van der Waals surface area (Å²) in [6.45, 7) is 8.38. The highest BCUT2D eigenvalue weighted by Gasteiger charge is 2.64. The van der Waals surface area contributed by atoms with Crippen LogP contribution in [0.1, 0.15) is 61.0 Å². The van der Waals surface area contributed by atoms with Crippen LogP contribution in [-0.4, -0.2) is 53.4 Å². The highest BCUT2D eigenvalue weighted by Crippen LogP contribution is 2.59. The number of piperidine rings is 1. The molecule has 0 bridgehead atoms. The molecule has 9 nitrogen and oxygen atoms in total. The molecular weight excluding hydrogens is 592 g/mol. The first kappa shape index (κ1) is 30.6. The van der Waals surface area contributed by atoms with Gasteiger partial charge in [0.25, 0.3) is 0 Å². The third-order valence-electron chi connectivity index (χ3n) is 9.03. The first-order chi connectivity index (χ1) is 21.1. The Morgan fingerprint density at radius 2 is 1.80 bits per heavy atom. The van der Waals surface area contributed by atoms with Crippen LogP contribution in [0.25, 0.3) is 22.0 Å². The van der Waals surface area contributed by atoms with Crippen molar-refractivity contribution in [2.45, 2.75) is 78.4 Å². The standard InChI is InChI=1S/C32H32F4N6O3/c1-15-6-19(20-11-37-18(4)38-12-20)7-21-22(17(3)43)13-41(28(15)21)14-27(44)42-24(9-31(5)10-26(31)42)30(45)40-29-16(2)23(33)8-25(39-29)32(34,35)36/h6-8,11-13,17,24,26,43H,9-10,14H2,1-5H3,(H,39,40,45)/t17?,24-,26?,31-/m0/s1. The second kappa shape index (κ2) is 10.6. The average molecular weight is 625 g/mol. The SMILES string of the molecule is Cc1ncc(-c2cc(C)c3c(c2)c(C(C)O)cn3CC(=O)N2C3C[C@]3(C)C[C@H]2C(=O)Nc2nc(C(F)(F)F)cc(F)c2C)cn1. The van der Waals surface area contributed by atoms with Gasteiger partial charge in [0.2, 0.25) is 11.8 Å². The Kier molecular flexibility index (Phi) is 7.22. The number of nitrogens with one attached hydrogen (secondary N) is 1. The van der Waals surface area contributed by atoms with Crippen LogP contribution in [0.4, 0.5) is 23.4 Å². The number of aliphatic hydroxyl groups excluding tert-OH is 1. The van der Waals surface area contributed by atoms with E-state index in [1.165, 1.54) is 11.8 Å². The van der Waals surface area contributed by atoms with Gasteiger partial charge >= 0.3 is 6.18 Å². The predicted molar refractivity (Wildman–Crippen MR) is 157 cm³/mol. The number of carbonyl (C=O) groups excluding carboxylic acids is 2. The van der Waals surface area contributed by atoms with Crippen LogP contribution < -0.4 is 5.32 Å². The molecule has 2 aliphatic rings. The fourth-order valence-electron chi connectivity index (χ4n) is 6.48. The molecule has 2 fully saturated rings. The van der Waals surface area contributed by atoms with E-state index in [-0.39, 0.29) is 35.5 Å². The molecule has 0 radical (unpaired) electrons. The van der Waals surface area contributed by atoms with Gasteiger partial charge in [-0.1, -0.05) is 6.92 Å². The molecule has 45 heavy (non-hydrogen) atoms. The van der Waals surface area contributed by atoms with Gasteiger partial charge in [-0.25, -0.2) is 19.3 Å². The number of alkyl halides is 3. The van der Waals surface area contributed by atoms with Crippen molar-refractivity contribution in [2.24, 2.45) is 5.41 Å². The highest BCUT2D eigenvalue weighted by molar-refractivity contribution is 5.98. The third kappa shape index (κ3) is 5.43. The van der Waals surface area contributed by atoms with Crippen LogP contribution in [0.15, 0.2) is 36.8 Å². The van der Waals surface area contributed by atoms with Crippen molar-refractivity contribution in [3.05, 3.63) is 70.8 Å². The Hall–Kier alpha value is -4.39. The minimum atomic E-state index is -4.91. The van der Waals surface area contributed by atoms with Crippen molar-refractivity contribution in [3.8, 4) is 11.1 Å². The van der Waals surface area contributed by atoms with E-state index >= 15 is 0 Å². The van der Waals surface area contributed by atoms with Crippen LogP contribution in [0, 0.1) is 32.0 Å². The first-order valence-corrected chi connectivity index (χ1v) is 14.5. The number of hydrogen-bond donors (Lipinski definition) is 2. The summed E-state index contributed by atoms with van der Waals surface area (Å²) in [5.74, 6) is -2.13. The number of rotatable bonds is 6. The molecule has 1 aliphatic carbocycles. The van der Waals surface area contributed by atoms with Crippen LogP contribution in [0.3, 0.4) is 0 Å². The number of benzene rings is 1. The maximum Gasteiger partial charge on any atom is 0.433 e. The largest absolute Gasteiger partial charge is 0.433 e. The number of pyridine rings is 1.